The van der Waals surface area contributed by atoms with Crippen LogP contribution in [0.4, 0.5) is 9.59 Å². The van der Waals surface area contributed by atoms with E-state index in [0.29, 0.717) is 24.4 Å². The summed E-state index contributed by atoms with van der Waals surface area (Å²) in [5, 5.41) is 2.98. The number of ether oxygens (including phenoxy) is 1. The Morgan fingerprint density at radius 1 is 1.03 bits per heavy atom. The van der Waals surface area contributed by atoms with Gasteiger partial charge in [-0.25, -0.2) is 19.0 Å². The smallest absolute Gasteiger partial charge is 0.405 e. The van der Waals surface area contributed by atoms with Crippen LogP contribution in [0.15, 0.2) is 59.4 Å². The van der Waals surface area contributed by atoms with Crippen molar-refractivity contribution in [2.45, 2.75) is 45.3 Å². The fraction of sp³-hybridized carbons (Fsp3) is 0.444. The molecular weight excluding hydrogens is 458 g/mol. The maximum atomic E-state index is 13.0. The van der Waals surface area contributed by atoms with E-state index in [1.807, 2.05) is 62.4 Å². The summed E-state index contributed by atoms with van der Waals surface area (Å²) in [6.45, 7) is 6.97. The van der Waals surface area contributed by atoms with Crippen LogP contribution in [0.5, 0.6) is 0 Å². The Hall–Kier alpha value is -3.59. The summed E-state index contributed by atoms with van der Waals surface area (Å²) in [5.41, 5.74) is 7.28. The van der Waals surface area contributed by atoms with Crippen molar-refractivity contribution in [3.05, 3.63) is 70.6 Å². The topological polar surface area (TPSA) is 112 Å². The van der Waals surface area contributed by atoms with Crippen LogP contribution < -0.4 is 16.7 Å². The molecule has 1 unspecified atom stereocenters. The van der Waals surface area contributed by atoms with E-state index in [4.69, 9.17) is 10.5 Å². The normalized spacial score (nSPS) is 15.8. The molecular formula is C27H35N5O4. The third-order valence-corrected chi connectivity index (χ3v) is 6.89. The number of fused-ring (bicyclic) bond motifs is 1. The van der Waals surface area contributed by atoms with Crippen molar-refractivity contribution in [3.63, 3.8) is 0 Å². The van der Waals surface area contributed by atoms with Crippen molar-refractivity contribution in [1.82, 2.24) is 19.4 Å². The Morgan fingerprint density at radius 2 is 1.67 bits per heavy atom. The lowest BCUT2D eigenvalue weighted by Crippen LogP contribution is -2.42. The minimum atomic E-state index is -0.770. The van der Waals surface area contributed by atoms with Gasteiger partial charge < -0.3 is 20.7 Å². The molecule has 1 atom stereocenters. The Kier molecular flexibility index (Phi) is 8.10. The minimum absolute atomic E-state index is 0.0457. The number of carbonyl (C=O) groups excluding carboxylic acids is 2. The van der Waals surface area contributed by atoms with Gasteiger partial charge in [-0.15, -0.1) is 0 Å². The number of hydrogen-bond acceptors (Lipinski definition) is 5. The van der Waals surface area contributed by atoms with Crippen molar-refractivity contribution >= 4 is 23.2 Å². The summed E-state index contributed by atoms with van der Waals surface area (Å²) in [7, 11) is 0. The fourth-order valence-corrected chi connectivity index (χ4v) is 4.99. The highest BCUT2D eigenvalue weighted by Crippen LogP contribution is 2.24. The van der Waals surface area contributed by atoms with Gasteiger partial charge in [-0.2, -0.15) is 0 Å². The van der Waals surface area contributed by atoms with Crippen molar-refractivity contribution in [3.8, 4) is 0 Å². The molecule has 0 saturated carbocycles. The Labute approximate surface area is 210 Å². The summed E-state index contributed by atoms with van der Waals surface area (Å²) in [4.78, 5) is 39.7. The van der Waals surface area contributed by atoms with Crippen LogP contribution in [0.2, 0.25) is 0 Å². The molecule has 0 aliphatic carbocycles. The monoisotopic (exact) mass is 493 g/mol. The van der Waals surface area contributed by atoms with Gasteiger partial charge in [-0.05, 0) is 63.4 Å². The number of nitrogens with two attached hydrogens (primary N) is 1. The molecule has 0 bridgehead atoms. The molecule has 1 aliphatic rings. The van der Waals surface area contributed by atoms with Gasteiger partial charge in [-0.3, -0.25) is 4.57 Å². The second kappa shape index (κ2) is 11.4. The number of imidazole rings is 1. The molecule has 192 valence electrons. The Bertz CT molecular complexity index is 1240. The van der Waals surface area contributed by atoms with E-state index in [1.54, 1.807) is 10.6 Å². The number of aromatic nitrogens is 2. The molecule has 2 amide bonds. The number of carbonyl (C=O) groups is 2. The van der Waals surface area contributed by atoms with Crippen molar-refractivity contribution < 1.29 is 14.3 Å². The van der Waals surface area contributed by atoms with Crippen LogP contribution in [-0.2, 0) is 4.74 Å². The number of amides is 2. The first-order valence-corrected chi connectivity index (χ1v) is 12.6. The number of para-hydroxylation sites is 2. The summed E-state index contributed by atoms with van der Waals surface area (Å²) < 4.78 is 8.24. The van der Waals surface area contributed by atoms with Gasteiger partial charge in [0.1, 0.15) is 6.10 Å². The number of benzene rings is 2. The average Bonchev–Trinajstić information content (AvgIpc) is 3.18. The molecule has 1 saturated heterocycles. The molecule has 0 radical (unpaired) electrons. The molecule has 3 aromatic rings. The van der Waals surface area contributed by atoms with Crippen LogP contribution in [0.25, 0.3) is 11.0 Å². The first-order chi connectivity index (χ1) is 17.3. The molecule has 2 aromatic carbocycles. The van der Waals surface area contributed by atoms with Gasteiger partial charge in [0, 0.05) is 25.6 Å². The molecule has 0 spiro atoms. The molecule has 9 heteroatoms. The highest BCUT2D eigenvalue weighted by atomic mass is 16.6. The first-order valence-electron chi connectivity index (χ1n) is 12.6. The molecule has 1 aromatic heterocycles. The number of primary amides is 1. The van der Waals surface area contributed by atoms with E-state index < -0.39 is 6.09 Å². The van der Waals surface area contributed by atoms with E-state index in [1.165, 1.54) is 4.57 Å². The van der Waals surface area contributed by atoms with E-state index in [2.05, 4.69) is 10.2 Å². The van der Waals surface area contributed by atoms with E-state index in [0.717, 1.165) is 43.6 Å². The van der Waals surface area contributed by atoms with Crippen LogP contribution in [0.1, 0.15) is 50.8 Å². The second-order valence-corrected chi connectivity index (χ2v) is 9.67. The number of nitrogens with one attached hydrogen (secondary N) is 1. The van der Waals surface area contributed by atoms with Gasteiger partial charge in [0.2, 0.25) is 0 Å². The van der Waals surface area contributed by atoms with Gasteiger partial charge in [0.25, 0.3) is 0 Å². The first kappa shape index (κ1) is 25.5. The number of rotatable bonds is 8. The third kappa shape index (κ3) is 5.79. The molecule has 9 nitrogen and oxygen atoms in total. The lowest BCUT2D eigenvalue weighted by Gasteiger charge is -2.32. The number of likely N-dealkylation sites (tertiary alicyclic amines) is 1. The van der Waals surface area contributed by atoms with Gasteiger partial charge in [-0.1, -0.05) is 42.5 Å². The second-order valence-electron chi connectivity index (χ2n) is 9.67. The molecule has 3 N–H and O–H groups in total. The number of nitrogens with zero attached hydrogens (tertiary/aromatic N) is 3. The van der Waals surface area contributed by atoms with Gasteiger partial charge in [0.15, 0.2) is 0 Å². The van der Waals surface area contributed by atoms with Crippen LogP contribution in [-0.4, -0.2) is 52.3 Å². The number of piperidine rings is 1. The number of hydrogen-bond donors (Lipinski definition) is 2. The zero-order valence-electron chi connectivity index (χ0n) is 20.9. The van der Waals surface area contributed by atoms with E-state index in [-0.39, 0.29) is 23.9 Å². The maximum absolute atomic E-state index is 13.0. The van der Waals surface area contributed by atoms with Crippen molar-refractivity contribution in [2.24, 2.45) is 11.7 Å². The summed E-state index contributed by atoms with van der Waals surface area (Å²) in [6, 6.07) is 16.6. The van der Waals surface area contributed by atoms with Crippen molar-refractivity contribution in [2.75, 3.05) is 26.2 Å². The fourth-order valence-electron chi connectivity index (χ4n) is 4.99. The molecule has 4 rings (SSSR count). The summed E-state index contributed by atoms with van der Waals surface area (Å²) in [6.07, 6.45) is 1.41. The zero-order chi connectivity index (χ0) is 25.7. The van der Waals surface area contributed by atoms with Crippen LogP contribution >= 0.6 is 0 Å². The molecule has 1 fully saturated rings. The van der Waals surface area contributed by atoms with Crippen LogP contribution in [0, 0.1) is 5.92 Å². The highest BCUT2D eigenvalue weighted by Gasteiger charge is 2.24. The maximum Gasteiger partial charge on any atom is 0.405 e. The SMILES string of the molecule is CC(C)n1c(=O)n(C(=O)NCC2CCN(CCC(OC(N)=O)c3ccccc3)CC2)c2ccccc21. The Balaban J connectivity index is 1.30. The van der Waals surface area contributed by atoms with E-state index in [9.17, 15) is 14.4 Å². The Morgan fingerprint density at radius 3 is 2.31 bits per heavy atom. The third-order valence-electron chi connectivity index (χ3n) is 6.89. The lowest BCUT2D eigenvalue weighted by atomic mass is 9.96. The van der Waals surface area contributed by atoms with Gasteiger partial charge in [0.05, 0.1) is 11.0 Å². The lowest BCUT2D eigenvalue weighted by molar-refractivity contribution is 0.0860. The summed E-state index contributed by atoms with van der Waals surface area (Å²) >= 11 is 0. The summed E-state index contributed by atoms with van der Waals surface area (Å²) in [5.74, 6) is 0.339. The predicted octanol–water partition coefficient (Wildman–Crippen LogP) is 3.88. The van der Waals surface area contributed by atoms with E-state index >= 15 is 0 Å². The van der Waals surface area contributed by atoms with Gasteiger partial charge >= 0.3 is 17.8 Å². The molecule has 2 heterocycles. The largest absolute Gasteiger partial charge is 0.441 e. The predicted molar refractivity (Wildman–Crippen MR) is 139 cm³/mol. The molecule has 1 aliphatic heterocycles. The average molecular weight is 494 g/mol. The van der Waals surface area contributed by atoms with Crippen molar-refractivity contribution in [1.29, 1.82) is 0 Å². The minimum Gasteiger partial charge on any atom is -0.441 e. The van der Waals surface area contributed by atoms with Crippen LogP contribution in [0.3, 0.4) is 0 Å². The zero-order valence-corrected chi connectivity index (χ0v) is 20.9. The standard InChI is InChI=1S/C27H35N5O4/c1-19(2)31-22-10-6-7-11-23(22)32(27(31)35)26(34)29-18-20-12-15-30(16-13-20)17-14-24(36-25(28)33)21-8-4-3-5-9-21/h3-11,19-20,24H,12-18H2,1-2H3,(H2,28,33)(H,29,34). The molecule has 36 heavy (non-hydrogen) atoms. The highest BCUT2D eigenvalue weighted by molar-refractivity contribution is 5.89. The quantitative estimate of drug-likeness (QED) is 0.495.